The third kappa shape index (κ3) is 7.82. The summed E-state index contributed by atoms with van der Waals surface area (Å²) in [6.07, 6.45) is 0.345. The molecule has 238 valence electrons. The van der Waals surface area contributed by atoms with Crippen LogP contribution in [0.4, 0.5) is 26.3 Å². The van der Waals surface area contributed by atoms with Gasteiger partial charge in [0, 0.05) is 5.56 Å². The van der Waals surface area contributed by atoms with Gasteiger partial charge in [-0.05, 0) is 93.3 Å². The smallest absolute Gasteiger partial charge is 0.406 e. The molecule has 0 radical (unpaired) electrons. The Balaban J connectivity index is 0.000000175. The van der Waals surface area contributed by atoms with Crippen LogP contribution in [-0.4, -0.2) is 41.6 Å². The van der Waals surface area contributed by atoms with Crippen LogP contribution >= 0.6 is 0 Å². The lowest BCUT2D eigenvalue weighted by molar-refractivity contribution is -0.275. The number of hydrogen-bond donors (Lipinski definition) is 3. The van der Waals surface area contributed by atoms with Gasteiger partial charge < -0.3 is 20.1 Å². The maximum atomic E-state index is 12.2. The van der Waals surface area contributed by atoms with E-state index in [1.165, 1.54) is 48.5 Å². The van der Waals surface area contributed by atoms with Crippen LogP contribution in [0.3, 0.4) is 0 Å². The highest BCUT2D eigenvalue weighted by molar-refractivity contribution is 6.46. The maximum absolute atomic E-state index is 12.2. The van der Waals surface area contributed by atoms with Crippen molar-refractivity contribution in [2.24, 2.45) is 4.99 Å². The monoisotopic (exact) mass is 626 g/mol. The molecule has 3 N–H and O–H groups in total. The van der Waals surface area contributed by atoms with Crippen LogP contribution in [-0.2, 0) is 9.59 Å². The highest BCUT2D eigenvalue weighted by Crippen LogP contribution is 2.35. The van der Waals surface area contributed by atoms with Gasteiger partial charge in [0.2, 0.25) is 5.91 Å². The quantitative estimate of drug-likeness (QED) is 0.353. The topological polar surface area (TPSA) is 101 Å². The zero-order valence-corrected chi connectivity index (χ0v) is 23.6. The van der Waals surface area contributed by atoms with Crippen molar-refractivity contribution in [3.8, 4) is 11.5 Å². The number of rotatable bonds is 4. The van der Waals surface area contributed by atoms with Gasteiger partial charge in [-0.1, -0.05) is 25.0 Å². The number of aliphatic imine (C=N–C) groups is 1. The summed E-state index contributed by atoms with van der Waals surface area (Å²) in [7, 11) is 0. The minimum Gasteiger partial charge on any atom is -0.406 e. The molecule has 2 aliphatic heterocycles. The molecule has 14 heteroatoms. The zero-order valence-electron chi connectivity index (χ0n) is 23.6. The van der Waals surface area contributed by atoms with Crippen LogP contribution in [0.15, 0.2) is 53.5 Å². The lowest BCUT2D eigenvalue weighted by atomic mass is 9.89. The van der Waals surface area contributed by atoms with Crippen LogP contribution in [0.25, 0.3) is 0 Å². The number of nitrogens with one attached hydrogen (secondary N) is 3. The molecule has 2 aliphatic carbocycles. The molecule has 2 amide bonds. The molecule has 4 aliphatic rings. The lowest BCUT2D eigenvalue weighted by Gasteiger charge is -2.33. The number of ether oxygens (including phenoxy) is 2. The first kappa shape index (κ1) is 31.6. The van der Waals surface area contributed by atoms with Crippen LogP contribution in [0.5, 0.6) is 11.5 Å². The second-order valence-corrected chi connectivity index (χ2v) is 11.4. The van der Waals surface area contributed by atoms with E-state index in [-0.39, 0.29) is 34.7 Å². The molecule has 44 heavy (non-hydrogen) atoms. The Bertz CT molecular complexity index is 1360. The fourth-order valence-electron chi connectivity index (χ4n) is 6.15. The summed E-state index contributed by atoms with van der Waals surface area (Å²) in [5, 5.41) is 9.24. The number of carbonyl (C=O) groups is 2. The predicted octanol–water partition coefficient (Wildman–Crippen LogP) is 6.17. The third-order valence-electron chi connectivity index (χ3n) is 8.13. The van der Waals surface area contributed by atoms with Crippen molar-refractivity contribution in [2.75, 3.05) is 0 Å². The van der Waals surface area contributed by atoms with Crippen molar-refractivity contribution < 1.29 is 45.4 Å². The van der Waals surface area contributed by atoms with Gasteiger partial charge in [0.25, 0.3) is 5.91 Å². The molecule has 0 aromatic heterocycles. The van der Waals surface area contributed by atoms with E-state index in [0.29, 0.717) is 11.1 Å². The van der Waals surface area contributed by atoms with E-state index in [4.69, 9.17) is 0 Å². The largest absolute Gasteiger partial charge is 0.573 e. The number of benzene rings is 2. The Hall–Kier alpha value is -3.81. The van der Waals surface area contributed by atoms with Crippen molar-refractivity contribution in [3.63, 3.8) is 0 Å². The normalized spacial score (nSPS) is 22.5. The summed E-state index contributed by atoms with van der Waals surface area (Å²) in [6.45, 7) is 0. The molecule has 0 bridgehead atoms. The second-order valence-electron chi connectivity index (χ2n) is 11.4. The standard InChI is InChI=1S/C15H17F3N2O2.C15H15F3N2O2/c2*16-15(17,18)22-11-6-4-10(5-7-11)12-13(21)20-14(19-12)8-2-1-3-9-14/h4-7,12,19H,1-3,8-9H2,(H,20,21);4-7H,1-3,8-9H2,(H,20,21). The average molecular weight is 627 g/mol. The fourth-order valence-corrected chi connectivity index (χ4v) is 6.15. The van der Waals surface area contributed by atoms with E-state index in [9.17, 15) is 35.9 Å². The summed E-state index contributed by atoms with van der Waals surface area (Å²) in [5.41, 5.74) is 0.525. The Labute approximate surface area is 249 Å². The summed E-state index contributed by atoms with van der Waals surface area (Å²) < 4.78 is 80.5. The molecule has 2 spiro atoms. The van der Waals surface area contributed by atoms with E-state index in [1.807, 2.05) is 0 Å². The highest BCUT2D eigenvalue weighted by atomic mass is 19.4. The van der Waals surface area contributed by atoms with E-state index in [0.717, 1.165) is 64.2 Å². The summed E-state index contributed by atoms with van der Waals surface area (Å²) in [5.74, 6) is -1.01. The molecular formula is C30H32F6N4O4. The van der Waals surface area contributed by atoms with E-state index < -0.39 is 24.4 Å². The molecular weight excluding hydrogens is 594 g/mol. The van der Waals surface area contributed by atoms with Gasteiger partial charge in [0.15, 0.2) is 0 Å². The van der Waals surface area contributed by atoms with Crippen molar-refractivity contribution in [1.29, 1.82) is 0 Å². The van der Waals surface area contributed by atoms with Crippen LogP contribution in [0.2, 0.25) is 0 Å². The predicted molar refractivity (Wildman–Crippen MR) is 147 cm³/mol. The maximum Gasteiger partial charge on any atom is 0.573 e. The minimum atomic E-state index is -4.73. The number of carbonyl (C=O) groups excluding carboxylic acids is 2. The third-order valence-corrected chi connectivity index (χ3v) is 8.13. The first-order valence-electron chi connectivity index (χ1n) is 14.5. The first-order valence-corrected chi connectivity index (χ1v) is 14.5. The Kier molecular flexibility index (Phi) is 8.83. The van der Waals surface area contributed by atoms with Gasteiger partial charge in [0.05, 0.1) is 5.66 Å². The summed E-state index contributed by atoms with van der Waals surface area (Å²) in [4.78, 5) is 28.8. The Morgan fingerprint density at radius 2 is 1.18 bits per heavy atom. The van der Waals surface area contributed by atoms with Gasteiger partial charge >= 0.3 is 12.7 Å². The molecule has 2 saturated carbocycles. The summed E-state index contributed by atoms with van der Waals surface area (Å²) in [6, 6.07) is 10.1. The van der Waals surface area contributed by atoms with Crippen molar-refractivity contribution in [2.45, 2.75) is 94.3 Å². The molecule has 8 nitrogen and oxygen atoms in total. The Morgan fingerprint density at radius 1 is 0.682 bits per heavy atom. The molecule has 2 heterocycles. The van der Waals surface area contributed by atoms with Crippen LogP contribution in [0, 0.1) is 0 Å². The number of amides is 2. The van der Waals surface area contributed by atoms with Crippen LogP contribution in [0.1, 0.15) is 81.4 Å². The van der Waals surface area contributed by atoms with Gasteiger partial charge in [-0.2, -0.15) is 0 Å². The molecule has 2 aromatic rings. The van der Waals surface area contributed by atoms with E-state index >= 15 is 0 Å². The van der Waals surface area contributed by atoms with Gasteiger partial charge in [0.1, 0.15) is 28.9 Å². The van der Waals surface area contributed by atoms with Gasteiger partial charge in [-0.25, -0.2) is 0 Å². The molecule has 1 atom stereocenters. The van der Waals surface area contributed by atoms with Crippen molar-refractivity contribution in [1.82, 2.24) is 16.0 Å². The average Bonchev–Trinajstić information content (AvgIpc) is 3.44. The first-order chi connectivity index (χ1) is 20.7. The molecule has 3 fully saturated rings. The zero-order chi connectivity index (χ0) is 31.6. The van der Waals surface area contributed by atoms with Crippen molar-refractivity contribution >= 4 is 17.5 Å². The summed E-state index contributed by atoms with van der Waals surface area (Å²) >= 11 is 0. The lowest BCUT2D eigenvalue weighted by Crippen LogP contribution is -2.51. The molecule has 6 rings (SSSR count). The highest BCUT2D eigenvalue weighted by Gasteiger charge is 2.44. The number of hydrogen-bond acceptors (Lipinski definition) is 6. The molecule has 1 saturated heterocycles. The van der Waals surface area contributed by atoms with Crippen molar-refractivity contribution in [3.05, 3.63) is 59.7 Å². The number of alkyl halides is 6. The molecule has 1 unspecified atom stereocenters. The second kappa shape index (κ2) is 12.3. The number of nitrogens with zero attached hydrogens (tertiary/aromatic N) is 1. The van der Waals surface area contributed by atoms with Gasteiger partial charge in [-0.15, -0.1) is 26.3 Å². The Morgan fingerprint density at radius 3 is 1.70 bits per heavy atom. The van der Waals surface area contributed by atoms with E-state index in [2.05, 4.69) is 30.4 Å². The van der Waals surface area contributed by atoms with Gasteiger partial charge in [-0.3, -0.25) is 19.9 Å². The van der Waals surface area contributed by atoms with E-state index in [1.54, 1.807) is 0 Å². The molecule has 2 aromatic carbocycles. The number of halogens is 6. The fraction of sp³-hybridized carbons (Fsp3) is 0.500. The SMILES string of the molecule is O=C1NC2(CCCCC2)N=C1c1ccc(OC(F)(F)F)cc1.O=C1NC2(CCCCC2)NC1c1ccc(OC(F)(F)F)cc1. The van der Waals surface area contributed by atoms with Crippen LogP contribution < -0.4 is 25.4 Å². The minimum absolute atomic E-state index is 0.133.